The van der Waals surface area contributed by atoms with Crippen molar-refractivity contribution in [3.8, 4) is 0 Å². The number of nitrogens with zero attached hydrogens (tertiary/aromatic N) is 1. The van der Waals surface area contributed by atoms with E-state index in [4.69, 9.17) is 0 Å². The van der Waals surface area contributed by atoms with Crippen molar-refractivity contribution >= 4 is 33.3 Å². The zero-order valence-corrected chi connectivity index (χ0v) is 19.3. The number of aryl methyl sites for hydroxylation is 2. The molecule has 1 heterocycles. The molecule has 0 radical (unpaired) electrons. The number of rotatable bonds is 5. The van der Waals surface area contributed by atoms with Crippen molar-refractivity contribution in [2.45, 2.75) is 44.2 Å². The topological polar surface area (TPSA) is 57.6 Å². The highest BCUT2D eigenvalue weighted by molar-refractivity contribution is 9.10. The third-order valence-electron chi connectivity index (χ3n) is 6.56. The van der Waals surface area contributed by atoms with Gasteiger partial charge in [0.25, 0.3) is 5.91 Å². The van der Waals surface area contributed by atoms with Gasteiger partial charge in [-0.1, -0.05) is 58.4 Å². The number of hydrogen-bond acceptors (Lipinski definition) is 3. The molecule has 0 fully saturated rings. The largest absolute Gasteiger partial charge is 0.375 e. The maximum absolute atomic E-state index is 13.5. The predicted molar refractivity (Wildman–Crippen MR) is 128 cm³/mol. The molecule has 1 N–H and O–H groups in total. The van der Waals surface area contributed by atoms with Gasteiger partial charge in [-0.15, -0.1) is 0 Å². The van der Waals surface area contributed by atoms with Gasteiger partial charge >= 0.3 is 0 Å². The summed E-state index contributed by atoms with van der Waals surface area (Å²) in [6.07, 6.45) is 4.04. The van der Waals surface area contributed by atoms with E-state index in [0.717, 1.165) is 29.3 Å². The summed E-state index contributed by atoms with van der Waals surface area (Å²) in [4.78, 5) is 28.3. The molecule has 0 saturated carbocycles. The average Bonchev–Trinajstić information content (AvgIpc) is 3.00. The summed E-state index contributed by atoms with van der Waals surface area (Å²) in [5.41, 5.74) is 3.25. The number of halogens is 1. The van der Waals surface area contributed by atoms with E-state index in [9.17, 15) is 14.7 Å². The fourth-order valence-corrected chi connectivity index (χ4v) is 5.22. The molecule has 0 aromatic heterocycles. The lowest BCUT2D eigenvalue weighted by Crippen LogP contribution is -2.41. The van der Waals surface area contributed by atoms with Crippen LogP contribution in [0.5, 0.6) is 0 Å². The van der Waals surface area contributed by atoms with Crippen LogP contribution in [0.15, 0.2) is 71.2 Å². The molecule has 1 aliphatic heterocycles. The molecule has 1 amide bonds. The van der Waals surface area contributed by atoms with Gasteiger partial charge in [-0.25, -0.2) is 0 Å². The van der Waals surface area contributed by atoms with Crippen molar-refractivity contribution in [1.82, 2.24) is 0 Å². The normalized spacial score (nSPS) is 19.6. The summed E-state index contributed by atoms with van der Waals surface area (Å²) < 4.78 is 0.755. The lowest BCUT2D eigenvalue weighted by atomic mass is 9.85. The predicted octanol–water partition coefficient (Wildman–Crippen LogP) is 5.34. The highest BCUT2D eigenvalue weighted by Gasteiger charge is 2.51. The lowest BCUT2D eigenvalue weighted by Gasteiger charge is -2.23. The first-order chi connectivity index (χ1) is 15.5. The number of Topliss-reactive ketones (excluding diaryl/α,β-unsaturated/α-hetero) is 1. The summed E-state index contributed by atoms with van der Waals surface area (Å²) in [6.45, 7) is 0.337. The average molecular weight is 490 g/mol. The van der Waals surface area contributed by atoms with E-state index in [-0.39, 0.29) is 12.2 Å². The SMILES string of the molecule is O=C(C[C@]1(O)C(=O)N(Cc2ccccc2)c2ccc(Br)cc21)c1ccc2c(c1)CCCC2. The van der Waals surface area contributed by atoms with Crippen molar-refractivity contribution in [2.75, 3.05) is 4.90 Å². The van der Waals surface area contributed by atoms with Gasteiger partial charge in [-0.05, 0) is 66.6 Å². The van der Waals surface area contributed by atoms with Gasteiger partial charge in [-0.2, -0.15) is 0 Å². The number of carbonyl (C=O) groups excluding carboxylic acids is 2. The molecule has 162 valence electrons. The van der Waals surface area contributed by atoms with E-state index >= 15 is 0 Å². The summed E-state index contributed by atoms with van der Waals surface area (Å²) in [7, 11) is 0. The monoisotopic (exact) mass is 489 g/mol. The van der Waals surface area contributed by atoms with Crippen molar-refractivity contribution in [3.05, 3.63) is 99.0 Å². The molecule has 0 saturated heterocycles. The number of ketones is 1. The molecular weight excluding hydrogens is 466 g/mol. The minimum absolute atomic E-state index is 0.221. The molecule has 0 bridgehead atoms. The summed E-state index contributed by atoms with van der Waals surface area (Å²) in [5.74, 6) is -0.678. The molecular formula is C27H24BrNO3. The third kappa shape index (κ3) is 3.70. The van der Waals surface area contributed by atoms with Gasteiger partial charge in [0.1, 0.15) is 0 Å². The number of anilines is 1. The van der Waals surface area contributed by atoms with Crippen LogP contribution in [-0.4, -0.2) is 16.8 Å². The minimum atomic E-state index is -1.89. The molecule has 32 heavy (non-hydrogen) atoms. The van der Waals surface area contributed by atoms with Crippen molar-refractivity contribution in [1.29, 1.82) is 0 Å². The zero-order chi connectivity index (χ0) is 22.3. The van der Waals surface area contributed by atoms with Gasteiger partial charge in [0.2, 0.25) is 0 Å². The van der Waals surface area contributed by atoms with E-state index in [1.54, 1.807) is 11.0 Å². The van der Waals surface area contributed by atoms with Crippen molar-refractivity contribution < 1.29 is 14.7 Å². The van der Waals surface area contributed by atoms with Crippen LogP contribution in [0, 0.1) is 0 Å². The van der Waals surface area contributed by atoms with Crippen LogP contribution >= 0.6 is 15.9 Å². The maximum Gasteiger partial charge on any atom is 0.264 e. The van der Waals surface area contributed by atoms with Crippen LogP contribution in [-0.2, 0) is 29.8 Å². The zero-order valence-electron chi connectivity index (χ0n) is 17.7. The Kier molecular flexibility index (Phi) is 5.48. The molecule has 3 aromatic rings. The summed E-state index contributed by atoms with van der Waals surface area (Å²) >= 11 is 3.45. The Morgan fingerprint density at radius 3 is 2.50 bits per heavy atom. The van der Waals surface area contributed by atoms with Crippen molar-refractivity contribution in [3.63, 3.8) is 0 Å². The Morgan fingerprint density at radius 1 is 0.969 bits per heavy atom. The molecule has 1 aliphatic carbocycles. The number of carbonyl (C=O) groups is 2. The quantitative estimate of drug-likeness (QED) is 0.492. The second kappa shape index (κ2) is 8.30. The van der Waals surface area contributed by atoms with E-state index in [1.165, 1.54) is 17.5 Å². The van der Waals surface area contributed by atoms with E-state index in [2.05, 4.69) is 15.9 Å². The molecule has 0 spiro atoms. The molecule has 3 aromatic carbocycles. The first-order valence-electron chi connectivity index (χ1n) is 11.0. The number of benzene rings is 3. The highest BCUT2D eigenvalue weighted by Crippen LogP contribution is 2.45. The highest BCUT2D eigenvalue weighted by atomic mass is 79.9. The van der Waals surface area contributed by atoms with Gasteiger partial charge in [0, 0.05) is 15.6 Å². The third-order valence-corrected chi connectivity index (χ3v) is 7.06. The Bertz CT molecular complexity index is 1210. The smallest absolute Gasteiger partial charge is 0.264 e. The fraction of sp³-hybridized carbons (Fsp3) is 0.259. The standard InChI is InChI=1S/C27H24BrNO3/c28-22-12-13-24-23(15-22)27(32,26(31)29(24)17-18-6-2-1-3-7-18)16-25(30)21-11-10-19-8-4-5-9-20(19)14-21/h1-3,6-7,10-15,32H,4-5,8-9,16-17H2/t27-/m1/s1. The molecule has 4 nitrogen and oxygen atoms in total. The Hall–Kier alpha value is -2.76. The second-order valence-corrected chi connectivity index (χ2v) is 9.60. The first kappa shape index (κ1) is 21.1. The van der Waals surface area contributed by atoms with Gasteiger partial charge in [0.05, 0.1) is 18.7 Å². The van der Waals surface area contributed by atoms with Crippen LogP contribution in [0.3, 0.4) is 0 Å². The van der Waals surface area contributed by atoms with Gasteiger partial charge in [-0.3, -0.25) is 9.59 Å². The van der Waals surface area contributed by atoms with Gasteiger partial charge in [0.15, 0.2) is 11.4 Å². The molecule has 5 rings (SSSR count). The van der Waals surface area contributed by atoms with Crippen molar-refractivity contribution in [2.24, 2.45) is 0 Å². The van der Waals surface area contributed by atoms with Crippen LogP contribution in [0.4, 0.5) is 5.69 Å². The maximum atomic E-state index is 13.5. The van der Waals surface area contributed by atoms with Crippen LogP contribution in [0.2, 0.25) is 0 Å². The van der Waals surface area contributed by atoms with Crippen LogP contribution in [0.1, 0.15) is 51.9 Å². The van der Waals surface area contributed by atoms with E-state index in [1.807, 2.05) is 60.7 Å². The number of hydrogen-bond donors (Lipinski definition) is 1. The minimum Gasteiger partial charge on any atom is -0.375 e. The Balaban J connectivity index is 1.48. The number of fused-ring (bicyclic) bond motifs is 2. The van der Waals surface area contributed by atoms with Crippen LogP contribution < -0.4 is 4.90 Å². The fourth-order valence-electron chi connectivity index (χ4n) is 4.86. The summed E-state index contributed by atoms with van der Waals surface area (Å²) in [6, 6.07) is 20.9. The van der Waals surface area contributed by atoms with E-state index < -0.39 is 11.5 Å². The number of aliphatic hydroxyl groups is 1. The van der Waals surface area contributed by atoms with Crippen LogP contribution in [0.25, 0.3) is 0 Å². The second-order valence-electron chi connectivity index (χ2n) is 8.69. The molecule has 0 unspecified atom stereocenters. The van der Waals surface area contributed by atoms with E-state index in [0.29, 0.717) is 23.4 Å². The van der Waals surface area contributed by atoms with Gasteiger partial charge < -0.3 is 10.0 Å². The Labute approximate surface area is 196 Å². The lowest BCUT2D eigenvalue weighted by molar-refractivity contribution is -0.136. The summed E-state index contributed by atoms with van der Waals surface area (Å²) in [5, 5.41) is 11.6. The molecule has 2 aliphatic rings. The molecule has 1 atom stereocenters. The number of amides is 1. The molecule has 5 heteroatoms. The Morgan fingerprint density at radius 2 is 1.72 bits per heavy atom. The first-order valence-corrected chi connectivity index (χ1v) is 11.8.